The van der Waals surface area contributed by atoms with E-state index in [4.69, 9.17) is 0 Å². The van der Waals surface area contributed by atoms with Crippen LogP contribution in [0.15, 0.2) is 42.6 Å². The zero-order valence-electron chi connectivity index (χ0n) is 18.1. The number of piperidine rings is 1. The number of pyridine rings is 1. The van der Waals surface area contributed by atoms with Crippen molar-refractivity contribution in [3.63, 3.8) is 0 Å². The fourth-order valence-corrected chi connectivity index (χ4v) is 3.73. The second-order valence-corrected chi connectivity index (χ2v) is 8.20. The number of nitrogens with one attached hydrogen (secondary N) is 2. The Kier molecular flexibility index (Phi) is 8.33. The Hall–Kier alpha value is -2.81. The Labute approximate surface area is 186 Å². The summed E-state index contributed by atoms with van der Waals surface area (Å²) in [6.07, 6.45) is -0.543. The van der Waals surface area contributed by atoms with Gasteiger partial charge in [-0.2, -0.15) is 13.2 Å². The summed E-state index contributed by atoms with van der Waals surface area (Å²) in [5, 5.41) is 5.60. The van der Waals surface area contributed by atoms with Gasteiger partial charge in [-0.15, -0.1) is 0 Å². The monoisotopic (exact) mass is 450 g/mol. The minimum absolute atomic E-state index is 0.116. The molecule has 6 nitrogen and oxygen atoms in total. The first-order chi connectivity index (χ1) is 15.3. The van der Waals surface area contributed by atoms with E-state index in [0.29, 0.717) is 18.0 Å². The molecule has 9 heteroatoms. The first-order valence-corrected chi connectivity index (χ1v) is 10.7. The highest BCUT2D eigenvalue weighted by atomic mass is 19.4. The number of likely N-dealkylation sites (tertiary alicyclic amines) is 1. The molecule has 0 bridgehead atoms. The van der Waals surface area contributed by atoms with Gasteiger partial charge in [0.1, 0.15) is 0 Å². The molecule has 0 saturated carbocycles. The van der Waals surface area contributed by atoms with Crippen molar-refractivity contribution >= 4 is 6.03 Å². The van der Waals surface area contributed by atoms with E-state index in [0.717, 1.165) is 25.2 Å². The Morgan fingerprint density at radius 1 is 1.16 bits per heavy atom. The van der Waals surface area contributed by atoms with Crippen molar-refractivity contribution in [2.24, 2.45) is 5.92 Å². The minimum atomic E-state index is -4.41. The summed E-state index contributed by atoms with van der Waals surface area (Å²) in [4.78, 5) is 18.5. The normalized spacial score (nSPS) is 17.1. The molecule has 3 rings (SSSR count). The van der Waals surface area contributed by atoms with Gasteiger partial charge in [0.05, 0.1) is 0 Å². The second kappa shape index (κ2) is 11.2. The number of carbonyl (C=O) groups excluding carboxylic acids is 1. The van der Waals surface area contributed by atoms with E-state index in [1.807, 2.05) is 18.2 Å². The van der Waals surface area contributed by atoms with Crippen LogP contribution in [-0.4, -0.2) is 41.8 Å². The van der Waals surface area contributed by atoms with Gasteiger partial charge in [-0.05, 0) is 42.0 Å². The topological polar surface area (TPSA) is 66.5 Å². The van der Waals surface area contributed by atoms with Gasteiger partial charge in [-0.25, -0.2) is 9.78 Å². The maximum absolute atomic E-state index is 12.2. The number of ether oxygens (including phenoxy) is 1. The van der Waals surface area contributed by atoms with Crippen LogP contribution in [0.3, 0.4) is 0 Å². The number of hydrogen-bond acceptors (Lipinski definition) is 4. The molecule has 174 valence electrons. The molecule has 1 aromatic heterocycles. The molecule has 0 spiro atoms. The van der Waals surface area contributed by atoms with Crippen LogP contribution in [-0.2, 0) is 19.6 Å². The Morgan fingerprint density at radius 3 is 2.59 bits per heavy atom. The Balaban J connectivity index is 1.44. The van der Waals surface area contributed by atoms with E-state index < -0.39 is 12.8 Å². The van der Waals surface area contributed by atoms with Gasteiger partial charge in [0.25, 0.3) is 0 Å². The minimum Gasteiger partial charge on any atom is -0.468 e. The third-order valence-electron chi connectivity index (χ3n) is 5.33. The number of halogens is 3. The maximum Gasteiger partial charge on any atom is 0.422 e. The summed E-state index contributed by atoms with van der Waals surface area (Å²) < 4.78 is 41.1. The molecule has 2 heterocycles. The lowest BCUT2D eigenvalue weighted by Gasteiger charge is -2.31. The molecule has 1 fully saturated rings. The number of hydrogen-bond donors (Lipinski definition) is 2. The van der Waals surface area contributed by atoms with Gasteiger partial charge in [0, 0.05) is 38.4 Å². The SMILES string of the molecule is CC1CCCN(Cc2ccccc2CNC(=O)NCc2ccc(OCC(F)(F)F)nc2)C1. The quantitative estimate of drug-likeness (QED) is 0.631. The first-order valence-electron chi connectivity index (χ1n) is 10.7. The predicted octanol–water partition coefficient (Wildman–Crippen LogP) is 4.25. The molecule has 32 heavy (non-hydrogen) atoms. The van der Waals surface area contributed by atoms with Gasteiger partial charge in [0.2, 0.25) is 5.88 Å². The molecular formula is C23H29F3N4O2. The summed E-state index contributed by atoms with van der Waals surface area (Å²) in [7, 11) is 0. The van der Waals surface area contributed by atoms with Crippen molar-refractivity contribution in [1.82, 2.24) is 20.5 Å². The van der Waals surface area contributed by atoms with Gasteiger partial charge in [-0.3, -0.25) is 4.90 Å². The second-order valence-electron chi connectivity index (χ2n) is 8.20. The number of benzene rings is 1. The number of alkyl halides is 3. The van der Waals surface area contributed by atoms with Crippen molar-refractivity contribution in [2.75, 3.05) is 19.7 Å². The summed E-state index contributed by atoms with van der Waals surface area (Å²) in [5.74, 6) is 0.592. The zero-order valence-corrected chi connectivity index (χ0v) is 18.1. The molecule has 0 aliphatic carbocycles. The molecule has 1 aliphatic rings. The van der Waals surface area contributed by atoms with Crippen molar-refractivity contribution in [1.29, 1.82) is 0 Å². The molecule has 0 radical (unpaired) electrons. The molecular weight excluding hydrogens is 421 g/mol. The predicted molar refractivity (Wildman–Crippen MR) is 115 cm³/mol. The molecule has 2 N–H and O–H groups in total. The standard InChI is InChI=1S/C23H29F3N4O2/c1-17-5-4-10-30(14-17)15-20-7-3-2-6-19(20)13-29-22(31)28-12-18-8-9-21(27-11-18)32-16-23(24,25)26/h2-3,6-9,11,17H,4-5,10,12-16H2,1H3,(H2,28,29,31). The lowest BCUT2D eigenvalue weighted by molar-refractivity contribution is -0.154. The van der Waals surface area contributed by atoms with E-state index in [1.165, 1.54) is 30.7 Å². The van der Waals surface area contributed by atoms with E-state index in [9.17, 15) is 18.0 Å². The lowest BCUT2D eigenvalue weighted by Crippen LogP contribution is -2.36. The number of rotatable bonds is 8. The fraction of sp³-hybridized carbons (Fsp3) is 0.478. The van der Waals surface area contributed by atoms with Gasteiger partial charge in [-0.1, -0.05) is 37.3 Å². The highest BCUT2D eigenvalue weighted by Gasteiger charge is 2.28. The summed E-state index contributed by atoms with van der Waals surface area (Å²) in [5.41, 5.74) is 2.94. The summed E-state index contributed by atoms with van der Waals surface area (Å²) in [6.45, 7) is 4.57. The number of nitrogens with zero attached hydrogens (tertiary/aromatic N) is 2. The van der Waals surface area contributed by atoms with Gasteiger partial charge in [0.15, 0.2) is 6.61 Å². The fourth-order valence-electron chi connectivity index (χ4n) is 3.73. The smallest absolute Gasteiger partial charge is 0.422 e. The molecule has 1 atom stereocenters. The van der Waals surface area contributed by atoms with Crippen LogP contribution in [0.4, 0.5) is 18.0 Å². The van der Waals surface area contributed by atoms with Gasteiger partial charge < -0.3 is 15.4 Å². The van der Waals surface area contributed by atoms with Crippen LogP contribution in [0, 0.1) is 5.92 Å². The highest BCUT2D eigenvalue weighted by molar-refractivity contribution is 5.73. The van der Waals surface area contributed by atoms with Crippen molar-refractivity contribution in [2.45, 2.75) is 45.6 Å². The van der Waals surface area contributed by atoms with Crippen LogP contribution in [0.25, 0.3) is 0 Å². The molecule has 1 aromatic carbocycles. The Bertz CT molecular complexity index is 874. The van der Waals surface area contributed by atoms with Crippen LogP contribution >= 0.6 is 0 Å². The Morgan fingerprint density at radius 2 is 1.91 bits per heavy atom. The van der Waals surface area contributed by atoms with Crippen molar-refractivity contribution < 1.29 is 22.7 Å². The average molecular weight is 451 g/mol. The van der Waals surface area contributed by atoms with Crippen LogP contribution in [0.1, 0.15) is 36.5 Å². The third kappa shape index (κ3) is 8.03. The van der Waals surface area contributed by atoms with E-state index in [1.54, 1.807) is 6.07 Å². The van der Waals surface area contributed by atoms with Crippen molar-refractivity contribution in [3.8, 4) is 5.88 Å². The molecule has 2 amide bonds. The first kappa shape index (κ1) is 23.8. The summed E-state index contributed by atoms with van der Waals surface area (Å²) >= 11 is 0. The summed E-state index contributed by atoms with van der Waals surface area (Å²) in [6, 6.07) is 10.7. The van der Waals surface area contributed by atoms with Crippen LogP contribution in [0.2, 0.25) is 0 Å². The van der Waals surface area contributed by atoms with Gasteiger partial charge >= 0.3 is 12.2 Å². The molecule has 1 aliphatic heterocycles. The van der Waals surface area contributed by atoms with E-state index in [-0.39, 0.29) is 18.5 Å². The van der Waals surface area contributed by atoms with E-state index >= 15 is 0 Å². The largest absolute Gasteiger partial charge is 0.468 e. The van der Waals surface area contributed by atoms with Crippen molar-refractivity contribution in [3.05, 3.63) is 59.3 Å². The average Bonchev–Trinajstić information content (AvgIpc) is 2.76. The maximum atomic E-state index is 12.2. The van der Waals surface area contributed by atoms with Crippen LogP contribution in [0.5, 0.6) is 5.88 Å². The molecule has 1 saturated heterocycles. The number of aromatic nitrogens is 1. The van der Waals surface area contributed by atoms with Crippen LogP contribution < -0.4 is 15.4 Å². The molecule has 1 unspecified atom stereocenters. The highest BCUT2D eigenvalue weighted by Crippen LogP contribution is 2.20. The number of amides is 2. The zero-order chi connectivity index (χ0) is 23.0. The van der Waals surface area contributed by atoms with E-state index in [2.05, 4.69) is 38.2 Å². The lowest BCUT2D eigenvalue weighted by atomic mass is 9.99. The third-order valence-corrected chi connectivity index (χ3v) is 5.33. The number of urea groups is 1. The number of carbonyl (C=O) groups is 1. The molecule has 2 aromatic rings.